The summed E-state index contributed by atoms with van der Waals surface area (Å²) < 4.78 is 29.0. The first-order chi connectivity index (χ1) is 16.0. The Hall–Kier alpha value is -3.78. The molecule has 0 radical (unpaired) electrons. The van der Waals surface area contributed by atoms with Gasteiger partial charge in [-0.05, 0) is 48.7 Å². The van der Waals surface area contributed by atoms with Crippen LogP contribution in [0.25, 0.3) is 10.9 Å². The van der Waals surface area contributed by atoms with Crippen molar-refractivity contribution in [3.8, 4) is 0 Å². The average Bonchev–Trinajstić information content (AvgIpc) is 2.84. The van der Waals surface area contributed by atoms with E-state index in [2.05, 4.69) is 20.0 Å². The Morgan fingerprint density at radius 1 is 0.970 bits per heavy atom. The van der Waals surface area contributed by atoms with E-state index in [1.807, 2.05) is 19.1 Å². The third kappa shape index (κ3) is 5.18. The van der Waals surface area contributed by atoms with Gasteiger partial charge in [-0.2, -0.15) is 0 Å². The van der Waals surface area contributed by atoms with Gasteiger partial charge in [-0.25, -0.2) is 8.42 Å². The number of hydrogen-bond acceptors (Lipinski definition) is 5. The summed E-state index contributed by atoms with van der Waals surface area (Å²) in [5.74, 6) is -0.347. The van der Waals surface area contributed by atoms with E-state index in [-0.39, 0.29) is 28.1 Å². The summed E-state index contributed by atoms with van der Waals surface area (Å²) in [7, 11) is -3.98. The molecule has 33 heavy (non-hydrogen) atoms. The lowest BCUT2D eigenvalue weighted by atomic mass is 10.0. The molecule has 0 bridgehead atoms. The van der Waals surface area contributed by atoms with E-state index < -0.39 is 10.0 Å². The van der Waals surface area contributed by atoms with Crippen LogP contribution in [-0.4, -0.2) is 30.3 Å². The number of benzene rings is 2. The van der Waals surface area contributed by atoms with Crippen LogP contribution in [0.4, 0.5) is 5.69 Å². The predicted octanol–water partition coefficient (Wildman–Crippen LogP) is 4.18. The number of pyridine rings is 2. The second kappa shape index (κ2) is 9.79. The number of aromatic nitrogens is 2. The molecule has 8 heteroatoms. The van der Waals surface area contributed by atoms with Crippen LogP contribution in [0.3, 0.4) is 0 Å². The fourth-order valence-electron chi connectivity index (χ4n) is 3.63. The molecular formula is C25H24N4O3S. The molecule has 2 heterocycles. The van der Waals surface area contributed by atoms with E-state index in [1.165, 1.54) is 6.07 Å². The Morgan fingerprint density at radius 2 is 1.76 bits per heavy atom. The molecule has 168 valence electrons. The van der Waals surface area contributed by atoms with Crippen molar-refractivity contribution in [1.82, 2.24) is 15.3 Å². The summed E-state index contributed by atoms with van der Waals surface area (Å²) in [5, 5.41) is 3.73. The Labute approximate surface area is 193 Å². The highest BCUT2D eigenvalue weighted by molar-refractivity contribution is 7.93. The van der Waals surface area contributed by atoms with Crippen molar-refractivity contribution in [3.63, 3.8) is 0 Å². The van der Waals surface area contributed by atoms with Gasteiger partial charge in [-0.15, -0.1) is 0 Å². The average molecular weight is 461 g/mol. The highest BCUT2D eigenvalue weighted by Gasteiger charge is 2.22. The van der Waals surface area contributed by atoms with Gasteiger partial charge in [0.2, 0.25) is 0 Å². The van der Waals surface area contributed by atoms with Gasteiger partial charge >= 0.3 is 0 Å². The van der Waals surface area contributed by atoms with Crippen molar-refractivity contribution in [1.29, 1.82) is 0 Å². The summed E-state index contributed by atoms with van der Waals surface area (Å²) in [5.41, 5.74) is 1.84. The summed E-state index contributed by atoms with van der Waals surface area (Å²) in [6, 6.07) is 18.8. The molecule has 2 aromatic heterocycles. The molecular weight excluding hydrogens is 436 g/mol. The van der Waals surface area contributed by atoms with Gasteiger partial charge in [0.15, 0.2) is 0 Å². The maximum Gasteiger partial charge on any atom is 0.264 e. The Balaban J connectivity index is 1.58. The zero-order valence-corrected chi connectivity index (χ0v) is 18.9. The number of sulfonamides is 1. The fraction of sp³-hybridized carbons (Fsp3) is 0.160. The van der Waals surface area contributed by atoms with Gasteiger partial charge in [-0.1, -0.05) is 43.3 Å². The third-order valence-corrected chi connectivity index (χ3v) is 6.73. The summed E-state index contributed by atoms with van der Waals surface area (Å²) in [6.45, 7) is 1.99. The molecule has 7 nitrogen and oxygen atoms in total. The first-order valence-electron chi connectivity index (χ1n) is 10.6. The lowest BCUT2D eigenvalue weighted by molar-refractivity contribution is 0.0936. The molecule has 0 saturated carbocycles. The van der Waals surface area contributed by atoms with Crippen molar-refractivity contribution < 1.29 is 13.2 Å². The number of nitrogens with zero attached hydrogens (tertiary/aromatic N) is 2. The molecule has 1 amide bonds. The number of hydrogen-bond donors (Lipinski definition) is 2. The lowest BCUT2D eigenvalue weighted by Crippen LogP contribution is -2.36. The van der Waals surface area contributed by atoms with Crippen LogP contribution in [0, 0.1) is 0 Å². The largest absolute Gasteiger partial charge is 0.349 e. The van der Waals surface area contributed by atoms with E-state index in [0.717, 1.165) is 12.0 Å². The summed E-state index contributed by atoms with van der Waals surface area (Å²) >= 11 is 0. The van der Waals surface area contributed by atoms with Gasteiger partial charge in [-0.3, -0.25) is 19.5 Å². The van der Waals surface area contributed by atoms with E-state index in [4.69, 9.17) is 0 Å². The maximum atomic E-state index is 13.2. The molecule has 0 saturated heterocycles. The molecule has 2 N–H and O–H groups in total. The second-order valence-corrected chi connectivity index (χ2v) is 9.28. The van der Waals surface area contributed by atoms with Crippen LogP contribution in [-0.2, 0) is 16.4 Å². The van der Waals surface area contributed by atoms with Gasteiger partial charge in [0.1, 0.15) is 4.90 Å². The summed E-state index contributed by atoms with van der Waals surface area (Å²) in [4.78, 5) is 21.5. The molecule has 4 rings (SSSR count). The topological polar surface area (TPSA) is 101 Å². The molecule has 0 spiro atoms. The first-order valence-corrected chi connectivity index (χ1v) is 12.1. The number of fused-ring (bicyclic) bond motifs is 1. The number of carbonyl (C=O) groups excluding carboxylic acids is 1. The Morgan fingerprint density at radius 3 is 2.55 bits per heavy atom. The van der Waals surface area contributed by atoms with Crippen molar-refractivity contribution in [2.24, 2.45) is 0 Å². The SMILES string of the molecule is CCC(Cc1cccnc1)NC(=O)c1ccccc1NS(=O)(=O)c1cccc2cccnc12. The van der Waals surface area contributed by atoms with E-state index >= 15 is 0 Å². The number of carbonyl (C=O) groups is 1. The molecule has 1 atom stereocenters. The zero-order valence-electron chi connectivity index (χ0n) is 18.1. The van der Waals surface area contributed by atoms with Crippen LogP contribution in [0.2, 0.25) is 0 Å². The highest BCUT2D eigenvalue weighted by atomic mass is 32.2. The van der Waals surface area contributed by atoms with Gasteiger partial charge in [0.25, 0.3) is 15.9 Å². The smallest absolute Gasteiger partial charge is 0.264 e. The molecule has 4 aromatic rings. The number of anilines is 1. The van der Waals surface area contributed by atoms with Crippen molar-refractivity contribution in [2.75, 3.05) is 4.72 Å². The number of rotatable bonds is 8. The lowest BCUT2D eigenvalue weighted by Gasteiger charge is -2.19. The standard InChI is InChI=1S/C25H24N4O3S/c1-2-20(16-18-8-6-14-26-17-18)28-25(30)21-11-3-4-12-22(21)29-33(31,32)23-13-5-9-19-10-7-15-27-24(19)23/h3-15,17,20,29H,2,16H2,1H3,(H,28,30). The Bertz CT molecular complexity index is 1370. The highest BCUT2D eigenvalue weighted by Crippen LogP contribution is 2.25. The number of nitrogens with one attached hydrogen (secondary N) is 2. The van der Waals surface area contributed by atoms with Crippen LogP contribution in [0.5, 0.6) is 0 Å². The minimum atomic E-state index is -3.98. The molecule has 0 aliphatic carbocycles. The van der Waals surface area contributed by atoms with Crippen LogP contribution >= 0.6 is 0 Å². The quantitative estimate of drug-likeness (QED) is 0.411. The fourth-order valence-corrected chi connectivity index (χ4v) is 4.89. The van der Waals surface area contributed by atoms with Crippen LogP contribution in [0.1, 0.15) is 29.3 Å². The molecule has 2 aromatic carbocycles. The Kier molecular flexibility index (Phi) is 6.65. The van der Waals surface area contributed by atoms with Gasteiger partial charge in [0, 0.05) is 30.0 Å². The first kappa shape index (κ1) is 22.4. The van der Waals surface area contributed by atoms with Crippen LogP contribution in [0.15, 0.2) is 90.2 Å². The van der Waals surface area contributed by atoms with E-state index in [1.54, 1.807) is 67.1 Å². The summed E-state index contributed by atoms with van der Waals surface area (Å²) in [6.07, 6.45) is 6.38. The normalized spacial score (nSPS) is 12.3. The molecule has 1 unspecified atom stereocenters. The third-order valence-electron chi connectivity index (χ3n) is 5.33. The van der Waals surface area contributed by atoms with Crippen molar-refractivity contribution in [2.45, 2.75) is 30.7 Å². The second-order valence-electron chi connectivity index (χ2n) is 7.63. The van der Waals surface area contributed by atoms with Crippen molar-refractivity contribution in [3.05, 3.63) is 96.4 Å². The minimum Gasteiger partial charge on any atom is -0.349 e. The van der Waals surface area contributed by atoms with Gasteiger partial charge in [0.05, 0.1) is 16.8 Å². The van der Waals surface area contributed by atoms with E-state index in [9.17, 15) is 13.2 Å². The zero-order chi connectivity index (χ0) is 23.3. The molecule has 0 aliphatic rings. The maximum absolute atomic E-state index is 13.2. The number of amides is 1. The van der Waals surface area contributed by atoms with Crippen LogP contribution < -0.4 is 10.0 Å². The van der Waals surface area contributed by atoms with Gasteiger partial charge < -0.3 is 5.32 Å². The predicted molar refractivity (Wildman–Crippen MR) is 128 cm³/mol. The molecule has 0 fully saturated rings. The molecule has 0 aliphatic heterocycles. The number of para-hydroxylation sites is 2. The van der Waals surface area contributed by atoms with E-state index in [0.29, 0.717) is 17.3 Å². The monoisotopic (exact) mass is 460 g/mol. The van der Waals surface area contributed by atoms with Crippen molar-refractivity contribution >= 4 is 32.5 Å². The minimum absolute atomic E-state index is 0.0545.